The first kappa shape index (κ1) is 15.5. The first-order valence-electron chi connectivity index (χ1n) is 8.21. The lowest BCUT2D eigenvalue weighted by Crippen LogP contribution is -1.97. The molecule has 0 saturated heterocycles. The molecule has 0 atom stereocenters. The van der Waals surface area contributed by atoms with Crippen molar-refractivity contribution < 1.29 is 4.74 Å². The van der Waals surface area contributed by atoms with E-state index in [1.54, 1.807) is 0 Å². The summed E-state index contributed by atoms with van der Waals surface area (Å²) in [4.78, 5) is 4.48. The van der Waals surface area contributed by atoms with Crippen molar-refractivity contribution in [2.45, 2.75) is 39.5 Å². The van der Waals surface area contributed by atoms with Crippen molar-refractivity contribution in [1.29, 1.82) is 0 Å². The molecule has 0 bridgehead atoms. The number of aromatic nitrogens is 1. The number of fused-ring (bicyclic) bond motifs is 1. The maximum Gasteiger partial charge on any atom is 0.219 e. The van der Waals surface area contributed by atoms with E-state index in [1.807, 2.05) is 36.5 Å². The predicted molar refractivity (Wildman–Crippen MR) is 96.4 cm³/mol. The largest absolute Gasteiger partial charge is 0.439 e. The van der Waals surface area contributed by atoms with Gasteiger partial charge in [-0.3, -0.25) is 0 Å². The molecule has 0 aliphatic heterocycles. The van der Waals surface area contributed by atoms with Gasteiger partial charge in [0.05, 0.1) is 0 Å². The van der Waals surface area contributed by atoms with E-state index in [4.69, 9.17) is 4.74 Å². The number of rotatable bonds is 4. The van der Waals surface area contributed by atoms with Crippen LogP contribution in [0.1, 0.15) is 50.7 Å². The number of pyridine rings is 1. The number of hydrogen-bond donors (Lipinski definition) is 0. The first-order chi connectivity index (χ1) is 11.0. The molecule has 0 unspecified atom stereocenters. The molecule has 2 nitrogen and oxygen atoms in total. The van der Waals surface area contributed by atoms with Gasteiger partial charge >= 0.3 is 0 Å². The van der Waals surface area contributed by atoms with Crippen LogP contribution in [0.2, 0.25) is 0 Å². The number of hydrogen-bond acceptors (Lipinski definition) is 2. The van der Waals surface area contributed by atoms with Gasteiger partial charge in [0.1, 0.15) is 5.75 Å². The van der Waals surface area contributed by atoms with E-state index in [0.717, 1.165) is 5.75 Å². The Morgan fingerprint density at radius 1 is 0.870 bits per heavy atom. The quantitative estimate of drug-likeness (QED) is 0.566. The molecule has 0 N–H and O–H groups in total. The van der Waals surface area contributed by atoms with Gasteiger partial charge in [0.2, 0.25) is 5.88 Å². The second kappa shape index (κ2) is 6.41. The number of para-hydroxylation sites is 1. The third-order valence-electron chi connectivity index (χ3n) is 4.12. The Bertz CT molecular complexity index is 807. The summed E-state index contributed by atoms with van der Waals surface area (Å²) in [5.74, 6) is 2.42. The fourth-order valence-electron chi connectivity index (χ4n) is 2.77. The number of ether oxygens (including phenoxy) is 1. The summed E-state index contributed by atoms with van der Waals surface area (Å²) in [5.41, 5.74) is 2.71. The lowest BCUT2D eigenvalue weighted by Gasteiger charge is -2.15. The van der Waals surface area contributed by atoms with Gasteiger partial charge in [-0.2, -0.15) is 0 Å². The van der Waals surface area contributed by atoms with Crippen LogP contribution in [-0.4, -0.2) is 4.98 Å². The lowest BCUT2D eigenvalue weighted by atomic mass is 9.91. The number of nitrogens with zero attached hydrogens (tertiary/aromatic N) is 1. The molecule has 0 amide bonds. The Hall–Kier alpha value is -2.35. The molecule has 0 aliphatic rings. The highest BCUT2D eigenvalue weighted by Gasteiger charge is 2.11. The molecule has 0 fully saturated rings. The molecule has 1 heterocycles. The second-order valence-electron chi connectivity index (χ2n) is 6.58. The Kier molecular flexibility index (Phi) is 4.33. The highest BCUT2D eigenvalue weighted by atomic mass is 16.5. The fraction of sp³-hybridized carbons (Fsp3) is 0.286. The van der Waals surface area contributed by atoms with E-state index in [9.17, 15) is 0 Å². The van der Waals surface area contributed by atoms with Crippen molar-refractivity contribution in [1.82, 2.24) is 4.98 Å². The van der Waals surface area contributed by atoms with Gasteiger partial charge in [0, 0.05) is 17.6 Å². The van der Waals surface area contributed by atoms with Gasteiger partial charge in [-0.25, -0.2) is 4.98 Å². The Morgan fingerprint density at radius 3 is 2.26 bits per heavy atom. The van der Waals surface area contributed by atoms with Crippen molar-refractivity contribution in [2.75, 3.05) is 0 Å². The maximum absolute atomic E-state index is 5.89. The normalized spacial score (nSPS) is 11.4. The second-order valence-corrected chi connectivity index (χ2v) is 6.58. The minimum Gasteiger partial charge on any atom is -0.439 e. The Morgan fingerprint density at radius 2 is 1.61 bits per heavy atom. The zero-order valence-corrected chi connectivity index (χ0v) is 14.2. The van der Waals surface area contributed by atoms with E-state index in [-0.39, 0.29) is 0 Å². The van der Waals surface area contributed by atoms with Crippen LogP contribution in [0.3, 0.4) is 0 Å². The molecular formula is C21H23NO. The molecule has 2 aromatic carbocycles. The SMILES string of the molecule is CC(C)c1cc(C(C)C)c2cc(Oc3ccccc3)ncc2c1. The molecule has 118 valence electrons. The smallest absolute Gasteiger partial charge is 0.219 e. The van der Waals surface area contributed by atoms with Crippen molar-refractivity contribution in [3.63, 3.8) is 0 Å². The van der Waals surface area contributed by atoms with Gasteiger partial charge in [0.15, 0.2) is 0 Å². The molecule has 0 aliphatic carbocycles. The van der Waals surface area contributed by atoms with Crippen molar-refractivity contribution >= 4 is 10.8 Å². The van der Waals surface area contributed by atoms with Crippen LogP contribution in [0.5, 0.6) is 11.6 Å². The van der Waals surface area contributed by atoms with Crippen molar-refractivity contribution in [3.05, 3.63) is 65.9 Å². The summed E-state index contributed by atoms with van der Waals surface area (Å²) >= 11 is 0. The molecule has 0 radical (unpaired) electrons. The third kappa shape index (κ3) is 3.37. The van der Waals surface area contributed by atoms with Gasteiger partial charge in [-0.1, -0.05) is 52.0 Å². The van der Waals surface area contributed by atoms with Gasteiger partial charge in [-0.05, 0) is 46.5 Å². The van der Waals surface area contributed by atoms with Gasteiger partial charge in [-0.15, -0.1) is 0 Å². The predicted octanol–water partition coefficient (Wildman–Crippen LogP) is 6.27. The average Bonchev–Trinajstić information content (AvgIpc) is 2.54. The summed E-state index contributed by atoms with van der Waals surface area (Å²) in [7, 11) is 0. The van der Waals surface area contributed by atoms with E-state index in [0.29, 0.717) is 17.7 Å². The molecular weight excluding hydrogens is 282 g/mol. The standard InChI is InChI=1S/C21H23NO/c1-14(2)16-10-17-13-22-21(23-18-8-6-5-7-9-18)12-20(17)19(11-16)15(3)4/h5-15H,1-4H3. The van der Waals surface area contributed by atoms with Gasteiger partial charge < -0.3 is 4.74 Å². The Labute approximate surface area is 138 Å². The third-order valence-corrected chi connectivity index (χ3v) is 4.12. The highest BCUT2D eigenvalue weighted by molar-refractivity contribution is 5.87. The molecule has 0 spiro atoms. The molecule has 0 saturated carbocycles. The van der Waals surface area contributed by atoms with Crippen LogP contribution in [0.4, 0.5) is 0 Å². The fourth-order valence-corrected chi connectivity index (χ4v) is 2.77. The molecule has 23 heavy (non-hydrogen) atoms. The lowest BCUT2D eigenvalue weighted by molar-refractivity contribution is 0.464. The van der Waals surface area contributed by atoms with E-state index in [1.165, 1.54) is 21.9 Å². The zero-order valence-electron chi connectivity index (χ0n) is 14.2. The van der Waals surface area contributed by atoms with E-state index in [2.05, 4.69) is 50.9 Å². The Balaban J connectivity index is 2.08. The zero-order chi connectivity index (χ0) is 16.4. The topological polar surface area (TPSA) is 22.1 Å². The first-order valence-corrected chi connectivity index (χ1v) is 8.21. The van der Waals surface area contributed by atoms with Crippen LogP contribution in [0, 0.1) is 0 Å². The van der Waals surface area contributed by atoms with E-state index >= 15 is 0 Å². The van der Waals surface area contributed by atoms with Crippen LogP contribution in [0.15, 0.2) is 54.7 Å². The molecule has 1 aromatic heterocycles. The van der Waals surface area contributed by atoms with E-state index < -0.39 is 0 Å². The summed E-state index contributed by atoms with van der Waals surface area (Å²) in [6.45, 7) is 8.92. The summed E-state index contributed by atoms with van der Waals surface area (Å²) in [6.07, 6.45) is 1.92. The molecule has 3 rings (SSSR count). The number of benzene rings is 2. The van der Waals surface area contributed by atoms with Crippen LogP contribution >= 0.6 is 0 Å². The summed E-state index contributed by atoms with van der Waals surface area (Å²) < 4.78 is 5.89. The summed E-state index contributed by atoms with van der Waals surface area (Å²) in [6, 6.07) is 16.4. The van der Waals surface area contributed by atoms with Crippen LogP contribution in [-0.2, 0) is 0 Å². The van der Waals surface area contributed by atoms with Crippen molar-refractivity contribution in [3.8, 4) is 11.6 Å². The minimum atomic E-state index is 0.461. The molecule has 3 aromatic rings. The monoisotopic (exact) mass is 305 g/mol. The minimum absolute atomic E-state index is 0.461. The van der Waals surface area contributed by atoms with Crippen LogP contribution < -0.4 is 4.74 Å². The van der Waals surface area contributed by atoms with Gasteiger partial charge in [0.25, 0.3) is 0 Å². The maximum atomic E-state index is 5.89. The summed E-state index contributed by atoms with van der Waals surface area (Å²) in [5, 5.41) is 2.41. The average molecular weight is 305 g/mol. The van der Waals surface area contributed by atoms with Crippen molar-refractivity contribution in [2.24, 2.45) is 0 Å². The highest BCUT2D eigenvalue weighted by Crippen LogP contribution is 2.32. The molecule has 2 heteroatoms. The van der Waals surface area contributed by atoms with Crippen LogP contribution in [0.25, 0.3) is 10.8 Å².